The van der Waals surface area contributed by atoms with E-state index in [1.807, 2.05) is 12.1 Å². The molecule has 1 atom stereocenters. The summed E-state index contributed by atoms with van der Waals surface area (Å²) in [6.07, 6.45) is 2.29. The van der Waals surface area contributed by atoms with Crippen LogP contribution in [0, 0.1) is 11.2 Å². The zero-order valence-corrected chi connectivity index (χ0v) is 12.0. The zero-order chi connectivity index (χ0) is 14.2. The van der Waals surface area contributed by atoms with Crippen LogP contribution in [0.4, 0.5) is 10.1 Å². The van der Waals surface area contributed by atoms with Crippen molar-refractivity contribution in [3.8, 4) is 0 Å². The van der Waals surface area contributed by atoms with Crippen LogP contribution in [-0.4, -0.2) is 0 Å². The third kappa shape index (κ3) is 2.43. The summed E-state index contributed by atoms with van der Waals surface area (Å²) in [7, 11) is 0. The Morgan fingerprint density at radius 1 is 1.05 bits per heavy atom. The quantitative estimate of drug-likeness (QED) is 0.813. The van der Waals surface area contributed by atoms with Gasteiger partial charge in [-0.2, -0.15) is 0 Å². The van der Waals surface area contributed by atoms with Crippen LogP contribution in [0.5, 0.6) is 0 Å². The summed E-state index contributed by atoms with van der Waals surface area (Å²) >= 11 is 0. The summed E-state index contributed by atoms with van der Waals surface area (Å²) in [5, 5.41) is 3.59. The number of aryl methyl sites for hydroxylation is 1. The lowest BCUT2D eigenvalue weighted by atomic mass is 9.70. The number of hydrogen-bond acceptors (Lipinski definition) is 1. The SMILES string of the molecule is CC1(C)CCc2ccccc2C1Nc1ccc(F)cc1. The summed E-state index contributed by atoms with van der Waals surface area (Å²) < 4.78 is 13.0. The number of fused-ring (bicyclic) bond motifs is 1. The Labute approximate surface area is 119 Å². The van der Waals surface area contributed by atoms with Crippen LogP contribution in [0.25, 0.3) is 0 Å². The number of benzene rings is 2. The molecule has 1 aliphatic carbocycles. The highest BCUT2D eigenvalue weighted by Crippen LogP contribution is 2.45. The zero-order valence-electron chi connectivity index (χ0n) is 12.0. The summed E-state index contributed by atoms with van der Waals surface area (Å²) in [6.45, 7) is 4.59. The second-order valence-electron chi connectivity index (χ2n) is 6.27. The first-order chi connectivity index (χ1) is 9.56. The molecule has 1 unspecified atom stereocenters. The van der Waals surface area contributed by atoms with Gasteiger partial charge in [0.1, 0.15) is 5.82 Å². The summed E-state index contributed by atoms with van der Waals surface area (Å²) in [6, 6.07) is 15.5. The largest absolute Gasteiger partial charge is 0.378 e. The first-order valence-electron chi connectivity index (χ1n) is 7.16. The number of hydrogen-bond donors (Lipinski definition) is 1. The highest BCUT2D eigenvalue weighted by atomic mass is 19.1. The van der Waals surface area contributed by atoms with Gasteiger partial charge in [-0.25, -0.2) is 4.39 Å². The Kier molecular flexibility index (Phi) is 3.25. The molecule has 0 radical (unpaired) electrons. The molecular weight excluding hydrogens is 249 g/mol. The molecule has 2 heteroatoms. The van der Waals surface area contributed by atoms with E-state index in [1.54, 1.807) is 0 Å². The molecular formula is C18H20FN. The Morgan fingerprint density at radius 3 is 2.50 bits per heavy atom. The third-order valence-corrected chi connectivity index (χ3v) is 4.34. The second kappa shape index (κ2) is 4.93. The molecule has 20 heavy (non-hydrogen) atoms. The summed E-state index contributed by atoms with van der Waals surface area (Å²) in [4.78, 5) is 0. The van der Waals surface area contributed by atoms with Crippen molar-refractivity contribution < 1.29 is 4.39 Å². The average Bonchev–Trinajstić information content (AvgIpc) is 2.44. The van der Waals surface area contributed by atoms with Crippen molar-refractivity contribution >= 4 is 5.69 Å². The van der Waals surface area contributed by atoms with E-state index < -0.39 is 0 Å². The summed E-state index contributed by atoms with van der Waals surface area (Å²) in [5.41, 5.74) is 3.95. The van der Waals surface area contributed by atoms with Crippen molar-refractivity contribution in [1.82, 2.24) is 0 Å². The van der Waals surface area contributed by atoms with Gasteiger partial charge in [0.05, 0.1) is 6.04 Å². The van der Waals surface area contributed by atoms with E-state index in [4.69, 9.17) is 0 Å². The Hall–Kier alpha value is -1.83. The van der Waals surface area contributed by atoms with E-state index in [9.17, 15) is 4.39 Å². The molecule has 2 aromatic rings. The number of nitrogens with one attached hydrogen (secondary N) is 1. The first-order valence-corrected chi connectivity index (χ1v) is 7.16. The predicted octanol–water partition coefficient (Wildman–Crippen LogP) is 4.95. The van der Waals surface area contributed by atoms with Gasteiger partial charge in [-0.05, 0) is 53.6 Å². The first kappa shape index (κ1) is 13.2. The lowest BCUT2D eigenvalue weighted by Gasteiger charge is -2.41. The molecule has 0 fully saturated rings. The van der Waals surface area contributed by atoms with Crippen molar-refractivity contribution in [2.45, 2.75) is 32.7 Å². The lowest BCUT2D eigenvalue weighted by molar-refractivity contribution is 0.265. The Morgan fingerprint density at radius 2 is 1.75 bits per heavy atom. The van der Waals surface area contributed by atoms with Crippen LogP contribution in [0.3, 0.4) is 0 Å². The maximum absolute atomic E-state index is 13.0. The number of rotatable bonds is 2. The van der Waals surface area contributed by atoms with Crippen LogP contribution in [0.15, 0.2) is 48.5 Å². The van der Waals surface area contributed by atoms with Gasteiger partial charge in [-0.15, -0.1) is 0 Å². The van der Waals surface area contributed by atoms with Crippen molar-refractivity contribution in [3.63, 3.8) is 0 Å². The van der Waals surface area contributed by atoms with Crippen molar-refractivity contribution in [3.05, 3.63) is 65.5 Å². The van der Waals surface area contributed by atoms with Crippen LogP contribution in [-0.2, 0) is 6.42 Å². The van der Waals surface area contributed by atoms with Gasteiger partial charge in [-0.1, -0.05) is 38.1 Å². The van der Waals surface area contributed by atoms with Crippen LogP contribution >= 0.6 is 0 Å². The van der Waals surface area contributed by atoms with E-state index in [2.05, 4.69) is 43.4 Å². The highest BCUT2D eigenvalue weighted by Gasteiger charge is 2.35. The van der Waals surface area contributed by atoms with Gasteiger partial charge in [-0.3, -0.25) is 0 Å². The third-order valence-electron chi connectivity index (χ3n) is 4.34. The number of halogens is 1. The Bertz CT molecular complexity index is 601. The molecule has 2 aromatic carbocycles. The minimum atomic E-state index is -0.196. The van der Waals surface area contributed by atoms with Gasteiger partial charge in [0.2, 0.25) is 0 Å². The standard InChI is InChI=1S/C18H20FN/c1-18(2)12-11-13-5-3-4-6-16(13)17(18)20-15-9-7-14(19)8-10-15/h3-10,17,20H,11-12H2,1-2H3. The summed E-state index contributed by atoms with van der Waals surface area (Å²) in [5.74, 6) is -0.196. The van der Waals surface area contributed by atoms with E-state index in [0.717, 1.165) is 18.5 Å². The van der Waals surface area contributed by atoms with E-state index in [1.165, 1.54) is 23.3 Å². The molecule has 0 spiro atoms. The monoisotopic (exact) mass is 269 g/mol. The average molecular weight is 269 g/mol. The van der Waals surface area contributed by atoms with Gasteiger partial charge < -0.3 is 5.32 Å². The molecule has 0 saturated carbocycles. The smallest absolute Gasteiger partial charge is 0.123 e. The predicted molar refractivity (Wildman–Crippen MR) is 81.3 cm³/mol. The van der Waals surface area contributed by atoms with Gasteiger partial charge >= 0.3 is 0 Å². The molecule has 0 heterocycles. The van der Waals surface area contributed by atoms with Crippen LogP contribution in [0.1, 0.15) is 37.4 Å². The fraction of sp³-hybridized carbons (Fsp3) is 0.333. The van der Waals surface area contributed by atoms with Crippen LogP contribution in [0.2, 0.25) is 0 Å². The second-order valence-corrected chi connectivity index (χ2v) is 6.27. The highest BCUT2D eigenvalue weighted by molar-refractivity contribution is 5.48. The molecule has 104 valence electrons. The van der Waals surface area contributed by atoms with E-state index in [0.29, 0.717) is 0 Å². The minimum absolute atomic E-state index is 0.183. The maximum Gasteiger partial charge on any atom is 0.123 e. The molecule has 1 N–H and O–H groups in total. The van der Waals surface area contributed by atoms with Gasteiger partial charge in [0, 0.05) is 5.69 Å². The molecule has 0 aromatic heterocycles. The van der Waals surface area contributed by atoms with Crippen molar-refractivity contribution in [1.29, 1.82) is 0 Å². The van der Waals surface area contributed by atoms with E-state index in [-0.39, 0.29) is 17.3 Å². The topological polar surface area (TPSA) is 12.0 Å². The van der Waals surface area contributed by atoms with Gasteiger partial charge in [0.15, 0.2) is 0 Å². The number of anilines is 1. The maximum atomic E-state index is 13.0. The minimum Gasteiger partial charge on any atom is -0.378 e. The van der Waals surface area contributed by atoms with Crippen molar-refractivity contribution in [2.75, 3.05) is 5.32 Å². The fourth-order valence-electron chi connectivity index (χ4n) is 3.05. The van der Waals surface area contributed by atoms with Crippen LogP contribution < -0.4 is 5.32 Å². The normalized spacial score (nSPS) is 20.2. The van der Waals surface area contributed by atoms with Crippen molar-refractivity contribution in [2.24, 2.45) is 5.41 Å². The molecule has 0 aliphatic heterocycles. The molecule has 1 nitrogen and oxygen atoms in total. The fourth-order valence-corrected chi connectivity index (χ4v) is 3.05. The molecule has 0 saturated heterocycles. The lowest BCUT2D eigenvalue weighted by Crippen LogP contribution is -2.33. The molecule has 3 rings (SSSR count). The van der Waals surface area contributed by atoms with Gasteiger partial charge in [0.25, 0.3) is 0 Å². The van der Waals surface area contributed by atoms with E-state index >= 15 is 0 Å². The Balaban J connectivity index is 1.95. The molecule has 0 amide bonds. The molecule has 0 bridgehead atoms. The molecule has 1 aliphatic rings.